The molecular weight excluding hydrogens is 551 g/mol. The first-order chi connectivity index (χ1) is 20.5. The van der Waals surface area contributed by atoms with Crippen molar-refractivity contribution in [3.05, 3.63) is 95.3 Å². The molecular formula is C32H37FN6O4. The summed E-state index contributed by atoms with van der Waals surface area (Å²) in [5.41, 5.74) is 2.81. The fourth-order valence-electron chi connectivity index (χ4n) is 5.84. The number of anilines is 1. The summed E-state index contributed by atoms with van der Waals surface area (Å²) in [5, 5.41) is 15.9. The molecule has 2 N–H and O–H groups in total. The topological polar surface area (TPSA) is 99.7 Å². The number of rotatable bonds is 7. The number of aromatic hydroxyl groups is 1. The number of phenolic OH excluding ortho intramolecular Hbond substituents is 1. The average molecular weight is 589 g/mol. The van der Waals surface area contributed by atoms with Crippen molar-refractivity contribution in [2.75, 3.05) is 39.1 Å². The number of phenols is 1. The summed E-state index contributed by atoms with van der Waals surface area (Å²) in [5.74, 6) is -0.810. The van der Waals surface area contributed by atoms with Crippen LogP contribution in [0.2, 0.25) is 0 Å². The molecule has 2 fully saturated rings. The van der Waals surface area contributed by atoms with Crippen LogP contribution in [0.4, 0.5) is 14.9 Å². The van der Waals surface area contributed by atoms with E-state index in [0.717, 1.165) is 16.7 Å². The zero-order valence-electron chi connectivity index (χ0n) is 24.8. The molecule has 3 aromatic carbocycles. The van der Waals surface area contributed by atoms with Gasteiger partial charge in [-0.15, -0.1) is 0 Å². The van der Waals surface area contributed by atoms with E-state index in [1.54, 1.807) is 60.2 Å². The number of amides is 4. The number of fused-ring (bicyclic) bond motifs is 1. The molecule has 5 rings (SSSR count). The van der Waals surface area contributed by atoms with E-state index in [0.29, 0.717) is 12.2 Å². The van der Waals surface area contributed by atoms with Gasteiger partial charge in [0, 0.05) is 34.1 Å². The smallest absolute Gasteiger partial charge is 0.334 e. The average Bonchev–Trinajstić information content (AvgIpc) is 2.98. The Kier molecular flexibility index (Phi) is 8.54. The molecule has 11 heteroatoms. The summed E-state index contributed by atoms with van der Waals surface area (Å²) < 4.78 is 14.5. The van der Waals surface area contributed by atoms with Gasteiger partial charge in [-0.1, -0.05) is 48.5 Å². The molecule has 0 aliphatic carbocycles. The second-order valence-corrected chi connectivity index (χ2v) is 11.2. The van der Waals surface area contributed by atoms with Crippen LogP contribution in [0.15, 0.2) is 72.8 Å². The maximum absolute atomic E-state index is 14.5. The first kappa shape index (κ1) is 29.8. The number of halogens is 1. The van der Waals surface area contributed by atoms with Crippen molar-refractivity contribution in [2.45, 2.75) is 38.1 Å². The molecule has 2 aliphatic heterocycles. The maximum Gasteiger partial charge on any atom is 0.334 e. The molecule has 43 heavy (non-hydrogen) atoms. The standard InChI is InChI=1S/C32H37FN6O4/c1-21(24-12-15-26(33)27(17-24)35(2)3)37-19-29-38(28(31(37)42)16-22-10-13-25(40)14-11-22)30(41)20-36(4)39(29)32(43)34-18-23-8-6-5-7-9-23/h5-15,17,21,28-29,40H,16,18-20H2,1-4H3,(H,34,43)/t21-,28-,29-/m0/s1. The van der Waals surface area contributed by atoms with Gasteiger partial charge in [0.1, 0.15) is 23.8 Å². The highest BCUT2D eigenvalue weighted by molar-refractivity contribution is 5.92. The monoisotopic (exact) mass is 588 g/mol. The van der Waals surface area contributed by atoms with Crippen LogP contribution in [0.5, 0.6) is 5.75 Å². The molecule has 0 unspecified atom stereocenters. The first-order valence-corrected chi connectivity index (χ1v) is 14.2. The van der Waals surface area contributed by atoms with Crippen molar-refractivity contribution < 1.29 is 23.9 Å². The number of hydrogen-bond donors (Lipinski definition) is 2. The van der Waals surface area contributed by atoms with Gasteiger partial charge < -0.3 is 25.1 Å². The van der Waals surface area contributed by atoms with E-state index in [-0.39, 0.29) is 42.9 Å². The lowest BCUT2D eigenvalue weighted by molar-refractivity contribution is -0.189. The van der Waals surface area contributed by atoms with E-state index in [1.807, 2.05) is 37.3 Å². The summed E-state index contributed by atoms with van der Waals surface area (Å²) in [4.78, 5) is 46.3. The number of nitrogens with one attached hydrogen (secondary N) is 1. The van der Waals surface area contributed by atoms with Gasteiger partial charge in [-0.3, -0.25) is 9.59 Å². The molecule has 0 spiro atoms. The number of hydrogen-bond acceptors (Lipinski definition) is 6. The Balaban J connectivity index is 1.51. The number of carbonyl (C=O) groups is 3. The minimum absolute atomic E-state index is 0.0651. The van der Waals surface area contributed by atoms with E-state index in [2.05, 4.69) is 5.32 Å². The largest absolute Gasteiger partial charge is 0.508 e. The van der Waals surface area contributed by atoms with E-state index < -0.39 is 24.3 Å². The molecule has 2 aliphatic rings. The normalized spacial score (nSPS) is 19.7. The molecule has 2 heterocycles. The third-order valence-corrected chi connectivity index (χ3v) is 8.15. The summed E-state index contributed by atoms with van der Waals surface area (Å²) in [6, 6.07) is 19.0. The fraction of sp³-hybridized carbons (Fsp3) is 0.344. The molecule has 10 nitrogen and oxygen atoms in total. The van der Waals surface area contributed by atoms with E-state index in [9.17, 15) is 23.9 Å². The van der Waals surface area contributed by atoms with Crippen LogP contribution in [0.25, 0.3) is 0 Å². The van der Waals surface area contributed by atoms with Crippen LogP contribution in [0.1, 0.15) is 29.7 Å². The van der Waals surface area contributed by atoms with E-state index >= 15 is 0 Å². The zero-order chi connectivity index (χ0) is 30.8. The minimum Gasteiger partial charge on any atom is -0.508 e. The third-order valence-electron chi connectivity index (χ3n) is 8.15. The Morgan fingerprint density at radius 2 is 1.74 bits per heavy atom. The van der Waals surface area contributed by atoms with Gasteiger partial charge in [0.15, 0.2) is 0 Å². The van der Waals surface area contributed by atoms with Gasteiger partial charge >= 0.3 is 6.03 Å². The second kappa shape index (κ2) is 12.3. The van der Waals surface area contributed by atoms with Crippen molar-refractivity contribution in [1.29, 1.82) is 0 Å². The Labute approximate surface area is 250 Å². The third kappa shape index (κ3) is 6.12. The quantitative estimate of drug-likeness (QED) is 0.440. The number of piperazine rings is 1. The van der Waals surface area contributed by atoms with Crippen molar-refractivity contribution in [1.82, 2.24) is 25.1 Å². The number of nitrogens with zero attached hydrogens (tertiary/aromatic N) is 5. The van der Waals surface area contributed by atoms with E-state index in [1.165, 1.54) is 28.1 Å². The number of hydrazine groups is 1. The molecule has 2 saturated heterocycles. The summed E-state index contributed by atoms with van der Waals surface area (Å²) in [6.45, 7) is 2.15. The molecule has 3 aromatic rings. The molecule has 0 radical (unpaired) electrons. The summed E-state index contributed by atoms with van der Waals surface area (Å²) in [7, 11) is 5.18. The van der Waals surface area contributed by atoms with Gasteiger partial charge in [0.25, 0.3) is 0 Å². The lowest BCUT2D eigenvalue weighted by Gasteiger charge is -2.55. The highest BCUT2D eigenvalue weighted by atomic mass is 19.1. The summed E-state index contributed by atoms with van der Waals surface area (Å²) >= 11 is 0. The van der Waals surface area contributed by atoms with Gasteiger partial charge in [-0.05, 0) is 47.9 Å². The molecule has 0 aromatic heterocycles. The zero-order valence-corrected chi connectivity index (χ0v) is 24.8. The predicted molar refractivity (Wildman–Crippen MR) is 160 cm³/mol. The molecule has 0 bridgehead atoms. The van der Waals surface area contributed by atoms with Crippen molar-refractivity contribution >= 4 is 23.5 Å². The maximum atomic E-state index is 14.5. The van der Waals surface area contributed by atoms with Crippen LogP contribution in [-0.2, 0) is 22.6 Å². The second-order valence-electron chi connectivity index (χ2n) is 11.2. The molecule has 4 amide bonds. The van der Waals surface area contributed by atoms with E-state index in [4.69, 9.17) is 0 Å². The first-order valence-electron chi connectivity index (χ1n) is 14.2. The number of benzene rings is 3. The van der Waals surface area contributed by atoms with Gasteiger partial charge in [-0.25, -0.2) is 19.2 Å². The highest BCUT2D eigenvalue weighted by Crippen LogP contribution is 2.34. The van der Waals surface area contributed by atoms with Crippen LogP contribution < -0.4 is 10.2 Å². The lowest BCUT2D eigenvalue weighted by Crippen LogP contribution is -2.76. The Bertz CT molecular complexity index is 1480. The van der Waals surface area contributed by atoms with Crippen molar-refractivity contribution in [3.8, 4) is 5.75 Å². The number of carbonyl (C=O) groups excluding carboxylic acids is 3. The number of likely N-dealkylation sites (N-methyl/N-ethyl adjacent to an activating group) is 1. The Hall–Kier alpha value is -4.64. The Morgan fingerprint density at radius 1 is 1.05 bits per heavy atom. The van der Waals surface area contributed by atoms with Gasteiger partial charge in [-0.2, -0.15) is 0 Å². The lowest BCUT2D eigenvalue weighted by atomic mass is 9.96. The highest BCUT2D eigenvalue weighted by Gasteiger charge is 2.51. The van der Waals surface area contributed by atoms with Crippen LogP contribution in [0, 0.1) is 5.82 Å². The summed E-state index contributed by atoms with van der Waals surface area (Å²) in [6.07, 6.45) is -0.585. The van der Waals surface area contributed by atoms with Crippen molar-refractivity contribution in [2.24, 2.45) is 0 Å². The molecule has 3 atom stereocenters. The SMILES string of the molecule is C[C@@H](c1ccc(F)c(N(C)C)c1)N1C[C@H]2N(C(=O)CN(C)N2C(=O)NCc2ccccc2)[C@@H](Cc2ccc(O)cc2)C1=O. The van der Waals surface area contributed by atoms with Crippen LogP contribution in [-0.4, -0.2) is 89.2 Å². The van der Waals surface area contributed by atoms with Gasteiger partial charge in [0.2, 0.25) is 11.8 Å². The van der Waals surface area contributed by atoms with Gasteiger partial charge in [0.05, 0.1) is 24.8 Å². The van der Waals surface area contributed by atoms with Crippen molar-refractivity contribution in [3.63, 3.8) is 0 Å². The molecule has 226 valence electrons. The number of urea groups is 1. The predicted octanol–water partition coefficient (Wildman–Crippen LogP) is 3.34. The minimum atomic E-state index is -0.898. The fourth-order valence-corrected chi connectivity index (χ4v) is 5.84. The van der Waals surface area contributed by atoms with Crippen LogP contribution in [0.3, 0.4) is 0 Å². The molecule has 0 saturated carbocycles. The Morgan fingerprint density at radius 3 is 2.42 bits per heavy atom. The van der Waals surface area contributed by atoms with Crippen LogP contribution >= 0.6 is 0 Å².